The van der Waals surface area contributed by atoms with Crippen LogP contribution >= 0.6 is 40.2 Å². The highest BCUT2D eigenvalue weighted by Crippen LogP contribution is 2.47. The maximum absolute atomic E-state index is 11.5. The molecule has 0 bridgehead atoms. The first-order chi connectivity index (χ1) is 14.0. The first-order valence-electron chi connectivity index (χ1n) is 8.08. The van der Waals surface area contributed by atoms with E-state index in [4.69, 9.17) is 23.2 Å². The number of halogens is 3. The maximum Gasteiger partial charge on any atom is 0.352 e. The molecule has 0 saturated carbocycles. The molecular weight excluding hydrogens is 555 g/mol. The number of hydrogen-bond donors (Lipinski definition) is 5. The van der Waals surface area contributed by atoms with E-state index >= 15 is 0 Å². The monoisotopic (exact) mass is 576 g/mol. The fourth-order valence-electron chi connectivity index (χ4n) is 2.47. The molecule has 0 aromatic carbocycles. The highest BCUT2D eigenvalue weighted by Gasteiger charge is 2.81. The number of esters is 4. The van der Waals surface area contributed by atoms with Gasteiger partial charge in [-0.3, -0.25) is 19.2 Å². The molecule has 0 amide bonds. The Morgan fingerprint density at radius 2 is 1.25 bits per heavy atom. The van der Waals surface area contributed by atoms with Crippen LogP contribution in [0.2, 0.25) is 0 Å². The molecule has 6 atom stereocenters. The number of carbonyl (C=O) groups is 4. The van der Waals surface area contributed by atoms with Gasteiger partial charge in [-0.2, -0.15) is 0 Å². The topological polar surface area (TPSA) is 216 Å². The summed E-state index contributed by atoms with van der Waals surface area (Å²) < 4.78 is 22.3. The molecule has 14 nitrogen and oxygen atoms in total. The maximum atomic E-state index is 11.5. The van der Waals surface area contributed by atoms with Crippen LogP contribution in [-0.2, 0) is 42.9 Å². The number of rotatable bonds is 5. The fraction of sp³-hybridized carbons (Fsp3) is 0.733. The number of aliphatic hydroxyl groups excluding tert-OH is 2. The standard InChI is InChI=1S/C14H20O14.CH2Cl2.BrH/c1-5(15)24-10(19)9-12(21,26-6(2)16)14(23,28-8(4)18)13(22,11(20)25-9)27-7(3)17;2-1-3;/h9-11,19-23H,1-4H3;1H2;1H/t9-,10?,11+,12+,13-,14-;;/m1../s1. The third kappa shape index (κ3) is 7.10. The number of alkyl halides is 2. The van der Waals surface area contributed by atoms with Crippen LogP contribution in [0.5, 0.6) is 0 Å². The van der Waals surface area contributed by atoms with Gasteiger partial charge in [-0.25, -0.2) is 0 Å². The van der Waals surface area contributed by atoms with Crippen molar-refractivity contribution in [3.8, 4) is 0 Å². The Labute approximate surface area is 201 Å². The Balaban J connectivity index is 0. The Kier molecular flexibility index (Phi) is 13.2. The van der Waals surface area contributed by atoms with Crippen LogP contribution < -0.4 is 0 Å². The minimum atomic E-state index is -3.97. The Morgan fingerprint density at radius 3 is 1.59 bits per heavy atom. The van der Waals surface area contributed by atoms with Crippen molar-refractivity contribution in [2.45, 2.75) is 63.7 Å². The lowest BCUT2D eigenvalue weighted by atomic mass is 9.86. The normalized spacial score (nSPS) is 32.1. The molecule has 1 unspecified atom stereocenters. The second kappa shape index (κ2) is 12.8. The minimum absolute atomic E-state index is 0. The van der Waals surface area contributed by atoms with Gasteiger partial charge in [-0.1, -0.05) is 0 Å². The molecule has 1 aliphatic rings. The summed E-state index contributed by atoms with van der Waals surface area (Å²) in [5.41, 5.74) is 0. The van der Waals surface area contributed by atoms with Crippen molar-refractivity contribution in [3.63, 3.8) is 0 Å². The molecule has 0 radical (unpaired) electrons. The van der Waals surface area contributed by atoms with Crippen molar-refractivity contribution >= 4 is 64.1 Å². The lowest BCUT2D eigenvalue weighted by Gasteiger charge is -2.55. The largest absolute Gasteiger partial charge is 0.433 e. The number of ether oxygens (including phenoxy) is 5. The van der Waals surface area contributed by atoms with E-state index in [-0.39, 0.29) is 22.3 Å². The molecule has 32 heavy (non-hydrogen) atoms. The number of aliphatic hydroxyl groups is 5. The van der Waals surface area contributed by atoms with Crippen molar-refractivity contribution in [2.75, 3.05) is 5.34 Å². The van der Waals surface area contributed by atoms with Crippen LogP contribution in [0.25, 0.3) is 0 Å². The fourth-order valence-corrected chi connectivity index (χ4v) is 2.47. The highest BCUT2D eigenvalue weighted by atomic mass is 79.9. The molecule has 1 fully saturated rings. The van der Waals surface area contributed by atoms with Gasteiger partial charge in [0.1, 0.15) is 0 Å². The molecule has 0 spiro atoms. The minimum Gasteiger partial charge on any atom is -0.433 e. The molecule has 5 N–H and O–H groups in total. The molecule has 188 valence electrons. The molecule has 0 aliphatic carbocycles. The van der Waals surface area contributed by atoms with Gasteiger partial charge >= 0.3 is 41.2 Å². The molecule has 1 heterocycles. The molecule has 17 heteroatoms. The van der Waals surface area contributed by atoms with Crippen molar-refractivity contribution in [2.24, 2.45) is 0 Å². The molecule has 1 rings (SSSR count). The third-order valence-corrected chi connectivity index (χ3v) is 3.40. The molecule has 1 aliphatic heterocycles. The summed E-state index contributed by atoms with van der Waals surface area (Å²) in [7, 11) is 0. The van der Waals surface area contributed by atoms with Gasteiger partial charge in [0.05, 0.1) is 5.34 Å². The summed E-state index contributed by atoms with van der Waals surface area (Å²) in [6, 6.07) is 0. The van der Waals surface area contributed by atoms with Gasteiger partial charge in [-0.15, -0.1) is 40.2 Å². The highest BCUT2D eigenvalue weighted by molar-refractivity contribution is 8.93. The van der Waals surface area contributed by atoms with Crippen molar-refractivity contribution < 1.29 is 68.4 Å². The average molecular weight is 578 g/mol. The number of hydrogen-bond acceptors (Lipinski definition) is 14. The van der Waals surface area contributed by atoms with Crippen LogP contribution in [0.4, 0.5) is 0 Å². The summed E-state index contributed by atoms with van der Waals surface area (Å²) in [4.78, 5) is 45.3. The molecule has 0 aromatic rings. The molecule has 0 aromatic heterocycles. The first-order valence-corrected chi connectivity index (χ1v) is 9.15. The first kappa shape index (κ1) is 32.9. The van der Waals surface area contributed by atoms with Gasteiger partial charge in [0.2, 0.25) is 12.6 Å². The smallest absolute Gasteiger partial charge is 0.352 e. The summed E-state index contributed by atoms with van der Waals surface area (Å²) in [5.74, 6) is -16.8. The van der Waals surface area contributed by atoms with Gasteiger partial charge < -0.3 is 49.2 Å². The Hall–Kier alpha value is -1.30. The molecule has 1 saturated heterocycles. The van der Waals surface area contributed by atoms with E-state index in [1.807, 2.05) is 0 Å². The summed E-state index contributed by atoms with van der Waals surface area (Å²) in [5, 5.41) is 52.3. The SMILES string of the molecule is Br.CC(=O)OC(O)[C@H]1O[C@H](O)[C@@](O)(OC(C)=O)[C@](O)(OC(C)=O)[C@@]1(O)OC(C)=O.ClCCl. The van der Waals surface area contributed by atoms with Gasteiger partial charge in [0, 0.05) is 27.7 Å². The predicted octanol–water partition coefficient (Wildman–Crippen LogP) is -1.66. The van der Waals surface area contributed by atoms with E-state index in [1.165, 1.54) is 0 Å². The van der Waals surface area contributed by atoms with Crippen LogP contribution in [0.3, 0.4) is 0 Å². The zero-order valence-electron chi connectivity index (χ0n) is 17.0. The van der Waals surface area contributed by atoms with Crippen LogP contribution in [0.15, 0.2) is 0 Å². The average Bonchev–Trinajstić information content (AvgIpc) is 2.55. The van der Waals surface area contributed by atoms with E-state index in [9.17, 15) is 44.7 Å². The zero-order chi connectivity index (χ0) is 24.8. The lowest BCUT2D eigenvalue weighted by molar-refractivity contribution is -0.538. The summed E-state index contributed by atoms with van der Waals surface area (Å²) >= 11 is 9.53. The van der Waals surface area contributed by atoms with Crippen LogP contribution in [0.1, 0.15) is 27.7 Å². The van der Waals surface area contributed by atoms with Crippen LogP contribution in [-0.4, -0.2) is 90.8 Å². The summed E-state index contributed by atoms with van der Waals surface area (Å²) in [6.07, 6.45) is -7.91. The van der Waals surface area contributed by atoms with Crippen molar-refractivity contribution in [1.29, 1.82) is 0 Å². The summed E-state index contributed by atoms with van der Waals surface area (Å²) in [6.45, 7) is 2.88. The van der Waals surface area contributed by atoms with E-state index in [2.05, 4.69) is 23.7 Å². The van der Waals surface area contributed by atoms with Crippen LogP contribution in [0, 0.1) is 0 Å². The van der Waals surface area contributed by atoms with Crippen molar-refractivity contribution in [1.82, 2.24) is 0 Å². The molecular formula is C15H23BrCl2O14. The Bertz CT molecular complexity index is 695. The second-order valence-electron chi connectivity index (χ2n) is 5.83. The second-order valence-corrected chi connectivity index (χ2v) is 6.64. The lowest BCUT2D eigenvalue weighted by Crippen LogP contribution is -2.84. The van der Waals surface area contributed by atoms with E-state index in [0.29, 0.717) is 20.8 Å². The van der Waals surface area contributed by atoms with Gasteiger partial charge in [0.15, 0.2) is 6.10 Å². The van der Waals surface area contributed by atoms with Gasteiger partial charge in [-0.05, 0) is 0 Å². The van der Waals surface area contributed by atoms with Crippen molar-refractivity contribution in [3.05, 3.63) is 0 Å². The van der Waals surface area contributed by atoms with Gasteiger partial charge in [0.25, 0.3) is 0 Å². The Morgan fingerprint density at radius 1 is 0.875 bits per heavy atom. The van der Waals surface area contributed by atoms with E-state index in [1.54, 1.807) is 0 Å². The van der Waals surface area contributed by atoms with E-state index < -0.39 is 59.9 Å². The predicted molar refractivity (Wildman–Crippen MR) is 106 cm³/mol. The third-order valence-electron chi connectivity index (χ3n) is 3.40. The quantitative estimate of drug-likeness (QED) is 0.107. The zero-order valence-corrected chi connectivity index (χ0v) is 20.2. The number of carbonyl (C=O) groups excluding carboxylic acids is 4. The van der Waals surface area contributed by atoms with E-state index in [0.717, 1.165) is 6.92 Å².